The third-order valence-electron chi connectivity index (χ3n) is 4.50. The first-order valence-electron chi connectivity index (χ1n) is 7.98. The second-order valence-corrected chi connectivity index (χ2v) is 6.25. The highest BCUT2D eigenvalue weighted by Crippen LogP contribution is 2.35. The van der Waals surface area contributed by atoms with Gasteiger partial charge in [0.15, 0.2) is 0 Å². The third kappa shape index (κ3) is 3.96. The molecule has 3 rings (SSSR count). The van der Waals surface area contributed by atoms with Gasteiger partial charge in [-0.05, 0) is 25.0 Å². The minimum absolute atomic E-state index is 0.0677. The van der Waals surface area contributed by atoms with Gasteiger partial charge >= 0.3 is 0 Å². The lowest BCUT2D eigenvalue weighted by Gasteiger charge is -2.41. The molecule has 4 heteroatoms. The molecule has 1 aliphatic heterocycles. The van der Waals surface area contributed by atoms with Crippen LogP contribution in [0.25, 0.3) is 0 Å². The summed E-state index contributed by atoms with van der Waals surface area (Å²) < 4.78 is 11.6. The van der Waals surface area contributed by atoms with Crippen molar-refractivity contribution in [2.24, 2.45) is 0 Å². The first-order chi connectivity index (χ1) is 10.3. The Morgan fingerprint density at radius 1 is 1.24 bits per heavy atom. The molecule has 1 aromatic rings. The fourth-order valence-electron chi connectivity index (χ4n) is 3.46. The topological polar surface area (TPSA) is 41.9 Å². The maximum absolute atomic E-state index is 10.2. The molecule has 1 heterocycles. The summed E-state index contributed by atoms with van der Waals surface area (Å²) in [5.74, 6) is 0.811. The standard InChI is InChI=1S/C17H25NO3/c19-15(13-20-16-6-2-1-3-7-16)12-18-10-11-21-17(14-18)8-4-5-9-17/h1-3,6-7,15,19H,4-5,8-14H2. The van der Waals surface area contributed by atoms with E-state index in [2.05, 4.69) is 4.90 Å². The van der Waals surface area contributed by atoms with Crippen LogP contribution in [0, 0.1) is 0 Å². The van der Waals surface area contributed by atoms with Gasteiger partial charge in [-0.1, -0.05) is 31.0 Å². The molecule has 1 unspecified atom stereocenters. The van der Waals surface area contributed by atoms with Crippen LogP contribution in [-0.2, 0) is 4.74 Å². The van der Waals surface area contributed by atoms with Crippen LogP contribution in [-0.4, -0.2) is 54.6 Å². The molecule has 1 atom stereocenters. The Morgan fingerprint density at radius 3 is 2.76 bits per heavy atom. The van der Waals surface area contributed by atoms with Gasteiger partial charge in [-0.15, -0.1) is 0 Å². The molecule has 2 fully saturated rings. The van der Waals surface area contributed by atoms with Crippen LogP contribution in [0.2, 0.25) is 0 Å². The third-order valence-corrected chi connectivity index (χ3v) is 4.50. The van der Waals surface area contributed by atoms with E-state index in [1.165, 1.54) is 25.7 Å². The summed E-state index contributed by atoms with van der Waals surface area (Å²) in [4.78, 5) is 2.33. The van der Waals surface area contributed by atoms with Crippen molar-refractivity contribution in [2.45, 2.75) is 37.4 Å². The van der Waals surface area contributed by atoms with Gasteiger partial charge in [-0.2, -0.15) is 0 Å². The van der Waals surface area contributed by atoms with Crippen LogP contribution < -0.4 is 4.74 Å². The van der Waals surface area contributed by atoms with Crippen LogP contribution >= 0.6 is 0 Å². The van der Waals surface area contributed by atoms with Crippen molar-refractivity contribution >= 4 is 0 Å². The lowest BCUT2D eigenvalue weighted by Crippen LogP contribution is -2.52. The van der Waals surface area contributed by atoms with Gasteiger partial charge in [0.05, 0.1) is 12.2 Å². The van der Waals surface area contributed by atoms with Gasteiger partial charge in [0.1, 0.15) is 18.5 Å². The van der Waals surface area contributed by atoms with E-state index in [1.54, 1.807) is 0 Å². The number of aliphatic hydroxyl groups excluding tert-OH is 1. The van der Waals surface area contributed by atoms with Crippen molar-refractivity contribution in [1.82, 2.24) is 4.90 Å². The molecule has 0 radical (unpaired) electrons. The minimum atomic E-state index is -0.457. The maximum Gasteiger partial charge on any atom is 0.119 e. The molecule has 1 saturated heterocycles. The Balaban J connectivity index is 1.45. The number of β-amino-alcohol motifs (C(OH)–C–C–N with tert-alkyl or cyclic N) is 1. The highest BCUT2D eigenvalue weighted by atomic mass is 16.5. The smallest absolute Gasteiger partial charge is 0.119 e. The number of benzene rings is 1. The van der Waals surface area contributed by atoms with Gasteiger partial charge in [-0.25, -0.2) is 0 Å². The molecule has 2 aliphatic rings. The number of morpholine rings is 1. The van der Waals surface area contributed by atoms with E-state index in [9.17, 15) is 5.11 Å². The number of rotatable bonds is 5. The first-order valence-corrected chi connectivity index (χ1v) is 7.98. The van der Waals surface area contributed by atoms with Gasteiger partial charge in [0.2, 0.25) is 0 Å². The van der Waals surface area contributed by atoms with Crippen LogP contribution in [0.15, 0.2) is 30.3 Å². The zero-order valence-electron chi connectivity index (χ0n) is 12.5. The van der Waals surface area contributed by atoms with Gasteiger partial charge < -0.3 is 14.6 Å². The second kappa shape index (κ2) is 6.77. The van der Waals surface area contributed by atoms with Crippen molar-refractivity contribution in [3.05, 3.63) is 30.3 Å². The zero-order valence-corrected chi connectivity index (χ0v) is 12.5. The summed E-state index contributed by atoms with van der Waals surface area (Å²) in [6.45, 7) is 3.65. The van der Waals surface area contributed by atoms with Gasteiger partial charge in [0.25, 0.3) is 0 Å². The Hall–Kier alpha value is -1.10. The summed E-state index contributed by atoms with van der Waals surface area (Å²) >= 11 is 0. The molecule has 0 amide bonds. The molecule has 0 bridgehead atoms. The molecular formula is C17H25NO3. The molecule has 4 nitrogen and oxygen atoms in total. The molecule has 1 aliphatic carbocycles. The summed E-state index contributed by atoms with van der Waals surface area (Å²) in [6, 6.07) is 9.66. The average molecular weight is 291 g/mol. The van der Waals surface area contributed by atoms with Crippen LogP contribution in [0.3, 0.4) is 0 Å². The summed E-state index contributed by atoms with van der Waals surface area (Å²) in [5, 5.41) is 10.2. The lowest BCUT2D eigenvalue weighted by atomic mass is 9.99. The molecule has 116 valence electrons. The molecule has 1 saturated carbocycles. The van der Waals surface area contributed by atoms with Crippen molar-refractivity contribution < 1.29 is 14.6 Å². The van der Waals surface area contributed by atoms with Crippen molar-refractivity contribution in [1.29, 1.82) is 0 Å². The maximum atomic E-state index is 10.2. The van der Waals surface area contributed by atoms with Gasteiger partial charge in [0, 0.05) is 19.6 Å². The SMILES string of the molecule is OC(COc1ccccc1)CN1CCOC2(CCCC2)C1. The van der Waals surface area contributed by atoms with Crippen molar-refractivity contribution in [3.8, 4) is 5.75 Å². The van der Waals surface area contributed by atoms with Crippen molar-refractivity contribution in [2.75, 3.05) is 32.8 Å². The van der Waals surface area contributed by atoms with E-state index in [0.717, 1.165) is 25.4 Å². The van der Waals surface area contributed by atoms with E-state index in [-0.39, 0.29) is 5.60 Å². The predicted octanol–water partition coefficient (Wildman–Crippen LogP) is 2.07. The number of hydrogen-bond donors (Lipinski definition) is 1. The fourth-order valence-corrected chi connectivity index (χ4v) is 3.46. The Morgan fingerprint density at radius 2 is 2.00 bits per heavy atom. The quantitative estimate of drug-likeness (QED) is 0.902. The molecule has 1 N–H and O–H groups in total. The summed E-state index contributed by atoms with van der Waals surface area (Å²) in [6.07, 6.45) is 4.42. The normalized spacial score (nSPS) is 23.3. The zero-order chi connectivity index (χ0) is 14.5. The lowest BCUT2D eigenvalue weighted by molar-refractivity contribution is -0.112. The largest absolute Gasteiger partial charge is 0.491 e. The second-order valence-electron chi connectivity index (χ2n) is 6.25. The number of hydrogen-bond acceptors (Lipinski definition) is 4. The number of nitrogens with zero attached hydrogens (tertiary/aromatic N) is 1. The highest BCUT2D eigenvalue weighted by molar-refractivity contribution is 5.20. The van der Waals surface area contributed by atoms with Gasteiger partial charge in [-0.3, -0.25) is 4.90 Å². The van der Waals surface area contributed by atoms with Crippen LogP contribution in [0.5, 0.6) is 5.75 Å². The molecule has 1 aromatic carbocycles. The predicted molar refractivity (Wildman–Crippen MR) is 81.5 cm³/mol. The average Bonchev–Trinajstić information content (AvgIpc) is 2.94. The van der Waals surface area contributed by atoms with E-state index in [4.69, 9.17) is 9.47 Å². The van der Waals surface area contributed by atoms with E-state index in [1.807, 2.05) is 30.3 Å². The van der Waals surface area contributed by atoms with Crippen molar-refractivity contribution in [3.63, 3.8) is 0 Å². The molecule has 21 heavy (non-hydrogen) atoms. The minimum Gasteiger partial charge on any atom is -0.491 e. The summed E-state index contributed by atoms with van der Waals surface area (Å²) in [7, 11) is 0. The summed E-state index contributed by atoms with van der Waals surface area (Å²) in [5.41, 5.74) is 0.0677. The highest BCUT2D eigenvalue weighted by Gasteiger charge is 2.39. The molecule has 0 aromatic heterocycles. The van der Waals surface area contributed by atoms with Crippen LogP contribution in [0.1, 0.15) is 25.7 Å². The Bertz CT molecular complexity index is 431. The first kappa shape index (κ1) is 14.8. The van der Waals surface area contributed by atoms with Crippen LogP contribution in [0.4, 0.5) is 0 Å². The van der Waals surface area contributed by atoms with E-state index < -0.39 is 6.10 Å². The molecule has 1 spiro atoms. The van der Waals surface area contributed by atoms with E-state index in [0.29, 0.717) is 13.2 Å². The Kier molecular flexibility index (Phi) is 4.78. The number of aliphatic hydroxyl groups is 1. The number of ether oxygens (including phenoxy) is 2. The fraction of sp³-hybridized carbons (Fsp3) is 0.647. The monoisotopic (exact) mass is 291 g/mol. The van der Waals surface area contributed by atoms with E-state index >= 15 is 0 Å². The number of para-hydroxylation sites is 1. The molecular weight excluding hydrogens is 266 g/mol. The Labute approximate surface area is 126 Å².